The molecule has 1 atom stereocenters. The van der Waals surface area contributed by atoms with Crippen LogP contribution in [0.3, 0.4) is 0 Å². The topological polar surface area (TPSA) is 54.7 Å². The van der Waals surface area contributed by atoms with Crippen molar-refractivity contribution in [1.82, 2.24) is 10.2 Å². The molecule has 5 nitrogen and oxygen atoms in total. The molecule has 5 heteroatoms. The number of rotatable bonds is 6. The van der Waals surface area contributed by atoms with Gasteiger partial charge in [-0.3, -0.25) is 9.69 Å². The number of para-hydroxylation sites is 1. The lowest BCUT2D eigenvalue weighted by Gasteiger charge is -2.22. The van der Waals surface area contributed by atoms with Crippen LogP contribution in [0.15, 0.2) is 47.1 Å². The van der Waals surface area contributed by atoms with E-state index in [4.69, 9.17) is 9.15 Å². The van der Waals surface area contributed by atoms with Crippen LogP contribution >= 0.6 is 0 Å². The van der Waals surface area contributed by atoms with Crippen molar-refractivity contribution in [3.8, 4) is 5.75 Å². The lowest BCUT2D eigenvalue weighted by atomic mass is 10.1. The van der Waals surface area contributed by atoms with Gasteiger partial charge < -0.3 is 14.5 Å². The van der Waals surface area contributed by atoms with Gasteiger partial charge >= 0.3 is 0 Å². The maximum Gasteiger partial charge on any atom is 0.255 e. The minimum Gasteiger partial charge on any atom is -0.496 e. The van der Waals surface area contributed by atoms with Crippen LogP contribution in [-0.4, -0.2) is 38.6 Å². The Hall–Kier alpha value is -2.27. The average molecular weight is 288 g/mol. The number of hydrogen-bond acceptors (Lipinski definition) is 4. The summed E-state index contributed by atoms with van der Waals surface area (Å²) >= 11 is 0. The molecule has 0 fully saturated rings. The zero-order valence-corrected chi connectivity index (χ0v) is 12.5. The number of furan rings is 1. The summed E-state index contributed by atoms with van der Waals surface area (Å²) in [5.41, 5.74) is 0.525. The van der Waals surface area contributed by atoms with E-state index in [9.17, 15) is 4.79 Å². The smallest absolute Gasteiger partial charge is 0.255 e. The summed E-state index contributed by atoms with van der Waals surface area (Å²) in [6.07, 6.45) is 1.63. The summed E-state index contributed by atoms with van der Waals surface area (Å²) in [5, 5.41) is 2.92. The van der Waals surface area contributed by atoms with E-state index in [-0.39, 0.29) is 11.9 Å². The number of methoxy groups -OCH3 is 1. The molecule has 1 aromatic carbocycles. The third kappa shape index (κ3) is 3.64. The number of benzene rings is 1. The minimum atomic E-state index is -0.161. The standard InChI is InChI=1S/C16H20N2O3/c1-18(2)13(15-9-6-10-21-15)11-17-16(19)12-7-4-5-8-14(12)20-3/h4-10,13H,11H2,1-3H3,(H,17,19). The molecule has 112 valence electrons. The molecular weight excluding hydrogens is 268 g/mol. The molecule has 0 spiro atoms. The molecule has 1 unspecified atom stereocenters. The van der Waals surface area contributed by atoms with Gasteiger partial charge in [-0.05, 0) is 38.4 Å². The van der Waals surface area contributed by atoms with Crippen LogP contribution in [0.1, 0.15) is 22.2 Å². The van der Waals surface area contributed by atoms with Gasteiger partial charge in [-0.2, -0.15) is 0 Å². The summed E-state index contributed by atoms with van der Waals surface area (Å²) in [7, 11) is 5.45. The van der Waals surface area contributed by atoms with Crippen molar-refractivity contribution in [3.63, 3.8) is 0 Å². The molecule has 0 aliphatic rings. The zero-order valence-electron chi connectivity index (χ0n) is 12.5. The Labute approximate surface area is 124 Å². The molecule has 1 N–H and O–H groups in total. The van der Waals surface area contributed by atoms with Crippen LogP contribution in [0, 0.1) is 0 Å². The maximum absolute atomic E-state index is 12.3. The number of carbonyl (C=O) groups is 1. The van der Waals surface area contributed by atoms with Crippen LogP contribution in [0.4, 0.5) is 0 Å². The summed E-state index contributed by atoms with van der Waals surface area (Å²) in [4.78, 5) is 14.3. The van der Waals surface area contributed by atoms with E-state index in [0.29, 0.717) is 17.9 Å². The van der Waals surface area contributed by atoms with Crippen molar-refractivity contribution in [3.05, 3.63) is 54.0 Å². The highest BCUT2D eigenvalue weighted by molar-refractivity contribution is 5.96. The lowest BCUT2D eigenvalue weighted by Crippen LogP contribution is -2.34. The fourth-order valence-corrected chi connectivity index (χ4v) is 2.14. The Balaban J connectivity index is 2.06. The largest absolute Gasteiger partial charge is 0.496 e. The zero-order chi connectivity index (χ0) is 15.2. The number of nitrogens with zero attached hydrogens (tertiary/aromatic N) is 1. The average Bonchev–Trinajstić information content (AvgIpc) is 3.01. The molecule has 0 bridgehead atoms. The minimum absolute atomic E-state index is 0.0151. The summed E-state index contributed by atoms with van der Waals surface area (Å²) in [5.74, 6) is 1.22. The van der Waals surface area contributed by atoms with Crippen LogP contribution in [-0.2, 0) is 0 Å². The Kier molecular flexibility index (Phi) is 5.00. The van der Waals surface area contributed by atoms with Crippen LogP contribution in [0.25, 0.3) is 0 Å². The van der Waals surface area contributed by atoms with Crippen molar-refractivity contribution in [2.45, 2.75) is 6.04 Å². The third-order valence-electron chi connectivity index (χ3n) is 3.30. The summed E-state index contributed by atoms with van der Waals surface area (Å²) < 4.78 is 10.6. The van der Waals surface area contributed by atoms with Crippen molar-refractivity contribution in [2.75, 3.05) is 27.7 Å². The Morgan fingerprint density at radius 1 is 1.29 bits per heavy atom. The monoisotopic (exact) mass is 288 g/mol. The van der Waals surface area contributed by atoms with Crippen molar-refractivity contribution in [2.24, 2.45) is 0 Å². The van der Waals surface area contributed by atoms with E-state index in [1.54, 1.807) is 25.5 Å². The molecule has 1 amide bonds. The normalized spacial score (nSPS) is 12.2. The highest BCUT2D eigenvalue weighted by Crippen LogP contribution is 2.19. The van der Waals surface area contributed by atoms with Crippen LogP contribution < -0.4 is 10.1 Å². The lowest BCUT2D eigenvalue weighted by molar-refractivity contribution is 0.0936. The third-order valence-corrected chi connectivity index (χ3v) is 3.30. The molecule has 0 saturated heterocycles. The molecule has 2 aromatic rings. The van der Waals surface area contributed by atoms with Gasteiger partial charge in [0.2, 0.25) is 0 Å². The first kappa shape index (κ1) is 15.1. The number of ether oxygens (including phenoxy) is 1. The number of likely N-dealkylation sites (N-methyl/N-ethyl adjacent to an activating group) is 1. The molecule has 1 aromatic heterocycles. The molecule has 1 heterocycles. The van der Waals surface area contributed by atoms with Gasteiger partial charge in [0.15, 0.2) is 0 Å². The molecule has 0 aliphatic carbocycles. The van der Waals surface area contributed by atoms with E-state index in [1.165, 1.54) is 0 Å². The SMILES string of the molecule is COc1ccccc1C(=O)NCC(c1ccco1)N(C)C. The van der Waals surface area contributed by atoms with Crippen LogP contribution in [0.5, 0.6) is 5.75 Å². The number of nitrogens with one attached hydrogen (secondary N) is 1. The molecular formula is C16H20N2O3. The van der Waals surface area contributed by atoms with E-state index < -0.39 is 0 Å². The predicted octanol–water partition coefficient (Wildman–Crippen LogP) is 2.32. The van der Waals surface area contributed by atoms with E-state index in [0.717, 1.165) is 5.76 Å². The van der Waals surface area contributed by atoms with E-state index in [1.807, 2.05) is 43.3 Å². The van der Waals surface area contributed by atoms with Gasteiger partial charge in [0.05, 0.1) is 25.0 Å². The fraction of sp³-hybridized carbons (Fsp3) is 0.312. The number of carbonyl (C=O) groups excluding carboxylic acids is 1. The van der Waals surface area contributed by atoms with Crippen molar-refractivity contribution in [1.29, 1.82) is 0 Å². The van der Waals surface area contributed by atoms with Crippen LogP contribution in [0.2, 0.25) is 0 Å². The Bertz CT molecular complexity index is 579. The first-order valence-corrected chi connectivity index (χ1v) is 6.74. The van der Waals surface area contributed by atoms with Gasteiger partial charge in [0, 0.05) is 6.54 Å². The van der Waals surface area contributed by atoms with Gasteiger partial charge in [0.25, 0.3) is 5.91 Å². The first-order chi connectivity index (χ1) is 10.1. The Morgan fingerprint density at radius 3 is 2.67 bits per heavy atom. The summed E-state index contributed by atoms with van der Waals surface area (Å²) in [6, 6.07) is 10.9. The van der Waals surface area contributed by atoms with Gasteiger partial charge in [-0.15, -0.1) is 0 Å². The second-order valence-corrected chi connectivity index (χ2v) is 4.91. The number of amides is 1. The van der Waals surface area contributed by atoms with E-state index >= 15 is 0 Å². The summed E-state index contributed by atoms with van der Waals surface area (Å²) in [6.45, 7) is 0.456. The quantitative estimate of drug-likeness (QED) is 0.886. The van der Waals surface area contributed by atoms with Crippen molar-refractivity contribution < 1.29 is 13.9 Å². The number of hydrogen-bond donors (Lipinski definition) is 1. The van der Waals surface area contributed by atoms with E-state index in [2.05, 4.69) is 5.32 Å². The first-order valence-electron chi connectivity index (χ1n) is 6.74. The molecule has 0 saturated carbocycles. The van der Waals surface area contributed by atoms with Gasteiger partial charge in [-0.1, -0.05) is 12.1 Å². The predicted molar refractivity (Wildman–Crippen MR) is 80.5 cm³/mol. The highest BCUT2D eigenvalue weighted by atomic mass is 16.5. The molecule has 2 rings (SSSR count). The maximum atomic E-state index is 12.3. The highest BCUT2D eigenvalue weighted by Gasteiger charge is 2.19. The van der Waals surface area contributed by atoms with Gasteiger partial charge in [-0.25, -0.2) is 0 Å². The fourth-order valence-electron chi connectivity index (χ4n) is 2.14. The molecule has 0 aliphatic heterocycles. The molecule has 0 radical (unpaired) electrons. The Morgan fingerprint density at radius 2 is 2.05 bits per heavy atom. The van der Waals surface area contributed by atoms with Crippen molar-refractivity contribution >= 4 is 5.91 Å². The second kappa shape index (κ2) is 6.95. The molecule has 21 heavy (non-hydrogen) atoms. The van der Waals surface area contributed by atoms with Gasteiger partial charge in [0.1, 0.15) is 11.5 Å². The second-order valence-electron chi connectivity index (χ2n) is 4.91.